The number of hydrogen-bond acceptors (Lipinski definition) is 4. The molecule has 0 aliphatic carbocycles. The number of benzene rings is 2. The van der Waals surface area contributed by atoms with E-state index in [-0.39, 0.29) is 11.9 Å². The number of likely N-dealkylation sites (N-methyl/N-ethyl adjacent to an activating group) is 1. The Labute approximate surface area is 191 Å². The number of unbranched alkanes of at least 4 members (excludes halogenated alkanes) is 3. The van der Waals surface area contributed by atoms with E-state index in [4.69, 9.17) is 4.99 Å². The van der Waals surface area contributed by atoms with Crippen molar-refractivity contribution < 1.29 is 8.42 Å². The van der Waals surface area contributed by atoms with Crippen molar-refractivity contribution in [2.75, 3.05) is 12.9 Å². The molecule has 2 heterocycles. The third-order valence-corrected chi connectivity index (χ3v) is 7.87. The van der Waals surface area contributed by atoms with Gasteiger partial charge in [0.25, 0.3) is 0 Å². The molecule has 2 aromatic carbocycles. The van der Waals surface area contributed by atoms with Crippen LogP contribution in [0.2, 0.25) is 0 Å². The smallest absolute Gasteiger partial charge is 0.198 e. The second-order valence-electron chi connectivity index (χ2n) is 8.90. The van der Waals surface area contributed by atoms with Crippen LogP contribution in [0.1, 0.15) is 55.8 Å². The number of fused-ring (bicyclic) bond motifs is 3. The third-order valence-electron chi connectivity index (χ3n) is 6.41. The Balaban J connectivity index is 1.73. The van der Waals surface area contributed by atoms with Gasteiger partial charge in [-0.3, -0.25) is 9.89 Å². The minimum absolute atomic E-state index is 0.117. The fourth-order valence-electron chi connectivity index (χ4n) is 4.62. The quantitative estimate of drug-likeness (QED) is 0.461. The molecule has 3 aromatic rings. The second-order valence-corrected chi connectivity index (χ2v) is 10.9. The highest BCUT2D eigenvalue weighted by Crippen LogP contribution is 2.32. The van der Waals surface area contributed by atoms with Gasteiger partial charge in [-0.15, -0.1) is 0 Å². The minimum Gasteiger partial charge on any atom is -0.357 e. The zero-order valence-electron chi connectivity index (χ0n) is 19.3. The molecule has 1 aromatic heterocycles. The Morgan fingerprint density at radius 2 is 1.81 bits per heavy atom. The van der Waals surface area contributed by atoms with Gasteiger partial charge in [-0.2, -0.15) is 0 Å². The van der Waals surface area contributed by atoms with Gasteiger partial charge in [0.2, 0.25) is 0 Å². The number of H-pyrrole nitrogens is 1. The highest BCUT2D eigenvalue weighted by Gasteiger charge is 2.32. The molecular weight excluding hydrogens is 418 g/mol. The summed E-state index contributed by atoms with van der Waals surface area (Å²) in [5, 5.41) is 1.13. The average molecular weight is 452 g/mol. The van der Waals surface area contributed by atoms with E-state index in [0.717, 1.165) is 52.8 Å². The molecule has 0 bridgehead atoms. The van der Waals surface area contributed by atoms with E-state index in [2.05, 4.69) is 36.0 Å². The van der Waals surface area contributed by atoms with Gasteiger partial charge >= 0.3 is 0 Å². The molecule has 1 aliphatic rings. The number of para-hydroxylation sites is 1. The van der Waals surface area contributed by atoms with E-state index in [9.17, 15) is 8.42 Å². The molecule has 170 valence electrons. The first-order chi connectivity index (χ1) is 15.4. The first-order valence-electron chi connectivity index (χ1n) is 11.5. The number of hydrogen-bond donors (Lipinski definition) is 1. The summed E-state index contributed by atoms with van der Waals surface area (Å²) in [4.78, 5) is 11.0. The molecule has 0 amide bonds. The van der Waals surface area contributed by atoms with E-state index in [1.807, 2.05) is 31.2 Å². The van der Waals surface area contributed by atoms with Gasteiger partial charge in [-0.25, -0.2) is 8.42 Å². The Morgan fingerprint density at radius 1 is 1.06 bits per heavy atom. The predicted octanol–water partition coefficient (Wildman–Crippen LogP) is 5.48. The van der Waals surface area contributed by atoms with Crippen molar-refractivity contribution in [3.05, 3.63) is 65.4 Å². The molecule has 1 N–H and O–H groups in total. The van der Waals surface area contributed by atoms with Crippen LogP contribution in [-0.4, -0.2) is 43.0 Å². The number of sulfone groups is 1. The topological polar surface area (TPSA) is 65.5 Å². The maximum Gasteiger partial charge on any atom is 0.198 e. The van der Waals surface area contributed by atoms with Gasteiger partial charge in [0.05, 0.1) is 16.6 Å². The lowest BCUT2D eigenvalue weighted by Crippen LogP contribution is -2.43. The molecule has 0 radical (unpaired) electrons. The van der Waals surface area contributed by atoms with E-state index in [1.54, 1.807) is 12.1 Å². The van der Waals surface area contributed by atoms with E-state index in [1.165, 1.54) is 19.3 Å². The Kier molecular flexibility index (Phi) is 6.82. The van der Waals surface area contributed by atoms with Crippen molar-refractivity contribution in [3.63, 3.8) is 0 Å². The zero-order chi connectivity index (χ0) is 22.7. The van der Waals surface area contributed by atoms with Crippen molar-refractivity contribution >= 4 is 26.5 Å². The molecule has 0 saturated heterocycles. The number of nitrogens with one attached hydrogen (secondary N) is 1. The monoisotopic (exact) mass is 451 g/mol. The average Bonchev–Trinajstić information content (AvgIpc) is 3.14. The van der Waals surface area contributed by atoms with Gasteiger partial charge in [-0.05, 0) is 38.6 Å². The standard InChI is InChI=1S/C26H33N3O2S/c1-4-5-6-7-12-24-26(27-18-32(30,31)20-15-13-19(2)14-16-20)25-21-10-8-9-11-22(21)28-23(25)17-29(24)3/h8-11,13-16,24,28H,4-7,12,17-18H2,1-3H3. The van der Waals surface area contributed by atoms with Crippen LogP contribution in [0.15, 0.2) is 58.4 Å². The maximum atomic E-state index is 13.1. The van der Waals surface area contributed by atoms with Crippen molar-refractivity contribution in [1.82, 2.24) is 9.88 Å². The Morgan fingerprint density at radius 3 is 2.56 bits per heavy atom. The fourth-order valence-corrected chi connectivity index (χ4v) is 5.63. The number of rotatable bonds is 8. The molecule has 0 saturated carbocycles. The van der Waals surface area contributed by atoms with Gasteiger partial charge in [-0.1, -0.05) is 68.5 Å². The molecule has 1 aliphatic heterocycles. The van der Waals surface area contributed by atoms with Crippen LogP contribution >= 0.6 is 0 Å². The largest absolute Gasteiger partial charge is 0.357 e. The molecule has 32 heavy (non-hydrogen) atoms. The predicted molar refractivity (Wildman–Crippen MR) is 132 cm³/mol. The fraction of sp³-hybridized carbons (Fsp3) is 0.423. The van der Waals surface area contributed by atoms with Crippen molar-refractivity contribution in [2.24, 2.45) is 4.99 Å². The summed E-state index contributed by atoms with van der Waals surface area (Å²) in [6, 6.07) is 15.4. The third kappa shape index (κ3) is 4.66. The van der Waals surface area contributed by atoms with Crippen molar-refractivity contribution in [3.8, 4) is 0 Å². The number of aliphatic imine (C=N–C) groups is 1. The maximum absolute atomic E-state index is 13.1. The minimum atomic E-state index is -3.50. The van der Waals surface area contributed by atoms with Crippen molar-refractivity contribution in [2.45, 2.75) is 63.4 Å². The van der Waals surface area contributed by atoms with Crippen LogP contribution in [0.4, 0.5) is 0 Å². The number of aromatic amines is 1. The molecule has 6 heteroatoms. The SMILES string of the molecule is CCCCCCC1C(=NCS(=O)(=O)c2ccc(C)cc2)c2c([nH]c3ccccc23)CN1C. The molecule has 5 nitrogen and oxygen atoms in total. The summed E-state index contributed by atoms with van der Waals surface area (Å²) in [6.45, 7) is 4.98. The highest BCUT2D eigenvalue weighted by atomic mass is 32.2. The molecule has 0 fully saturated rings. The second kappa shape index (κ2) is 9.59. The van der Waals surface area contributed by atoms with E-state index in [0.29, 0.717) is 4.90 Å². The highest BCUT2D eigenvalue weighted by molar-refractivity contribution is 7.91. The van der Waals surface area contributed by atoms with Crippen molar-refractivity contribution in [1.29, 1.82) is 0 Å². The molecular formula is C26H33N3O2S. The lowest BCUT2D eigenvalue weighted by molar-refractivity contribution is 0.262. The Hall–Kier alpha value is -2.44. The van der Waals surface area contributed by atoms with Crippen LogP contribution in [0.5, 0.6) is 0 Å². The summed E-state index contributed by atoms with van der Waals surface area (Å²) in [5.41, 5.74) is 5.23. The van der Waals surface area contributed by atoms with Crippen LogP contribution < -0.4 is 0 Å². The number of aromatic nitrogens is 1. The summed E-state index contributed by atoms with van der Waals surface area (Å²) in [6.07, 6.45) is 5.71. The number of nitrogens with zero attached hydrogens (tertiary/aromatic N) is 2. The van der Waals surface area contributed by atoms with Crippen LogP contribution in [0.3, 0.4) is 0 Å². The van der Waals surface area contributed by atoms with Gasteiger partial charge in [0, 0.05) is 28.7 Å². The van der Waals surface area contributed by atoms with Crippen LogP contribution in [0, 0.1) is 6.92 Å². The molecule has 0 spiro atoms. The van der Waals surface area contributed by atoms with Crippen LogP contribution in [-0.2, 0) is 16.4 Å². The number of aryl methyl sites for hydroxylation is 1. The normalized spacial score (nSPS) is 18.3. The zero-order valence-corrected chi connectivity index (χ0v) is 20.1. The summed E-state index contributed by atoms with van der Waals surface area (Å²) < 4.78 is 26.1. The van der Waals surface area contributed by atoms with Gasteiger partial charge in [0.15, 0.2) is 9.84 Å². The van der Waals surface area contributed by atoms with E-state index < -0.39 is 9.84 Å². The first-order valence-corrected chi connectivity index (χ1v) is 13.2. The molecule has 1 unspecified atom stereocenters. The summed E-state index contributed by atoms with van der Waals surface area (Å²) >= 11 is 0. The lowest BCUT2D eigenvalue weighted by Gasteiger charge is -2.34. The van der Waals surface area contributed by atoms with Gasteiger partial charge < -0.3 is 4.98 Å². The molecule has 4 rings (SSSR count). The van der Waals surface area contributed by atoms with Crippen LogP contribution in [0.25, 0.3) is 10.9 Å². The summed E-state index contributed by atoms with van der Waals surface area (Å²) in [7, 11) is -1.39. The van der Waals surface area contributed by atoms with E-state index >= 15 is 0 Å². The lowest BCUT2D eigenvalue weighted by atomic mass is 9.91. The molecule has 1 atom stereocenters. The first kappa shape index (κ1) is 22.7. The Bertz CT molecular complexity index is 1210. The summed E-state index contributed by atoms with van der Waals surface area (Å²) in [5.74, 6) is -0.232. The van der Waals surface area contributed by atoms with Gasteiger partial charge in [0.1, 0.15) is 5.88 Å².